The van der Waals surface area contributed by atoms with Gasteiger partial charge in [-0.3, -0.25) is 14.5 Å². The van der Waals surface area contributed by atoms with Crippen molar-refractivity contribution in [1.82, 2.24) is 24.6 Å². The van der Waals surface area contributed by atoms with Gasteiger partial charge in [-0.05, 0) is 13.3 Å². The number of β-amino-alcohol motifs (C(OH)–C–C–N with tert-alkyl or cyclic N) is 1. The summed E-state index contributed by atoms with van der Waals surface area (Å²) in [6.45, 7) is 3.18. The molecule has 0 saturated carbocycles. The fraction of sp³-hybridized carbons (Fsp3) is 0.500. The molecule has 1 aliphatic heterocycles. The molecule has 0 aromatic carbocycles. The molecule has 3 heterocycles. The number of aryl methyl sites for hydroxylation is 2. The smallest absolute Gasteiger partial charge is 0.257 e. The molecule has 1 saturated heterocycles. The normalized spacial score (nSPS) is 20.4. The molecule has 128 valence electrons. The molecule has 1 atom stereocenters. The highest BCUT2D eigenvalue weighted by Gasteiger charge is 2.38. The molecule has 1 N–H and O–H groups in total. The average Bonchev–Trinajstić information content (AvgIpc) is 3.10. The van der Waals surface area contributed by atoms with E-state index in [9.17, 15) is 9.90 Å². The number of amides is 1. The van der Waals surface area contributed by atoms with E-state index in [0.717, 1.165) is 5.82 Å². The number of carbonyl (C=O) groups is 1. The first-order valence-corrected chi connectivity index (χ1v) is 7.87. The zero-order valence-corrected chi connectivity index (χ0v) is 14.2. The van der Waals surface area contributed by atoms with E-state index in [1.165, 1.54) is 0 Å². The van der Waals surface area contributed by atoms with Crippen molar-refractivity contribution in [3.8, 4) is 0 Å². The molecule has 24 heavy (non-hydrogen) atoms. The zero-order valence-electron chi connectivity index (χ0n) is 14.2. The molecule has 8 nitrogen and oxygen atoms in total. The molecule has 1 amide bonds. The molecule has 2 aromatic heterocycles. The lowest BCUT2D eigenvalue weighted by molar-refractivity contribution is 0.0264. The van der Waals surface area contributed by atoms with Crippen molar-refractivity contribution in [2.24, 2.45) is 7.05 Å². The highest BCUT2D eigenvalue weighted by atomic mass is 16.3. The summed E-state index contributed by atoms with van der Waals surface area (Å²) < 4.78 is 1.62. The lowest BCUT2D eigenvalue weighted by atomic mass is 10.0. The SMILES string of the molecule is Cc1nn(C)cc1C(=O)N(C)C[C@]1(O)CCN(c2cnccn2)C1. The van der Waals surface area contributed by atoms with Crippen LogP contribution in [0.5, 0.6) is 0 Å². The van der Waals surface area contributed by atoms with Gasteiger partial charge in [0.2, 0.25) is 0 Å². The van der Waals surface area contributed by atoms with E-state index in [1.807, 2.05) is 4.90 Å². The van der Waals surface area contributed by atoms with Crippen LogP contribution in [0, 0.1) is 6.92 Å². The maximum Gasteiger partial charge on any atom is 0.257 e. The van der Waals surface area contributed by atoms with Crippen LogP contribution in [-0.4, -0.2) is 67.9 Å². The summed E-state index contributed by atoms with van der Waals surface area (Å²) in [6.07, 6.45) is 7.22. The molecule has 8 heteroatoms. The van der Waals surface area contributed by atoms with Crippen LogP contribution in [0.2, 0.25) is 0 Å². The highest BCUT2D eigenvalue weighted by Crippen LogP contribution is 2.26. The van der Waals surface area contributed by atoms with Gasteiger partial charge in [-0.2, -0.15) is 5.10 Å². The van der Waals surface area contributed by atoms with Gasteiger partial charge in [-0.15, -0.1) is 0 Å². The fourth-order valence-corrected chi connectivity index (χ4v) is 3.16. The van der Waals surface area contributed by atoms with Crippen molar-refractivity contribution >= 4 is 11.7 Å². The minimum absolute atomic E-state index is 0.132. The van der Waals surface area contributed by atoms with E-state index in [-0.39, 0.29) is 12.5 Å². The first-order valence-electron chi connectivity index (χ1n) is 7.87. The molecule has 0 spiro atoms. The van der Waals surface area contributed by atoms with Gasteiger partial charge in [-0.1, -0.05) is 0 Å². The Morgan fingerprint density at radius 3 is 2.88 bits per heavy atom. The first kappa shape index (κ1) is 16.4. The van der Waals surface area contributed by atoms with Gasteiger partial charge in [0.25, 0.3) is 5.91 Å². The number of nitrogens with zero attached hydrogens (tertiary/aromatic N) is 6. The van der Waals surface area contributed by atoms with E-state index in [1.54, 1.807) is 55.4 Å². The Morgan fingerprint density at radius 1 is 1.46 bits per heavy atom. The van der Waals surface area contributed by atoms with Crippen LogP contribution in [0.1, 0.15) is 22.5 Å². The monoisotopic (exact) mass is 330 g/mol. The van der Waals surface area contributed by atoms with E-state index in [4.69, 9.17) is 0 Å². The van der Waals surface area contributed by atoms with Crippen molar-refractivity contribution < 1.29 is 9.90 Å². The van der Waals surface area contributed by atoms with Crippen LogP contribution in [0.25, 0.3) is 0 Å². The highest BCUT2D eigenvalue weighted by molar-refractivity contribution is 5.94. The Hall–Kier alpha value is -2.48. The quantitative estimate of drug-likeness (QED) is 0.864. The molecular weight excluding hydrogens is 308 g/mol. The third-order valence-electron chi connectivity index (χ3n) is 4.33. The largest absolute Gasteiger partial charge is 0.386 e. The molecule has 0 bridgehead atoms. The second-order valence-corrected chi connectivity index (χ2v) is 6.42. The summed E-state index contributed by atoms with van der Waals surface area (Å²) in [7, 11) is 3.49. The number of anilines is 1. The summed E-state index contributed by atoms with van der Waals surface area (Å²) in [4.78, 5) is 24.5. The predicted octanol–water partition coefficient (Wildman–Crippen LogP) is 0.232. The second-order valence-electron chi connectivity index (χ2n) is 6.42. The van der Waals surface area contributed by atoms with Gasteiger partial charge in [0, 0.05) is 45.8 Å². The maximum absolute atomic E-state index is 12.6. The number of aromatic nitrogens is 4. The molecule has 0 radical (unpaired) electrons. The van der Waals surface area contributed by atoms with Crippen LogP contribution in [0.15, 0.2) is 24.8 Å². The zero-order chi connectivity index (χ0) is 17.3. The number of rotatable bonds is 4. The Labute approximate surface area is 140 Å². The summed E-state index contributed by atoms with van der Waals surface area (Å²) >= 11 is 0. The third kappa shape index (κ3) is 3.23. The molecule has 1 aliphatic rings. The lowest BCUT2D eigenvalue weighted by Crippen LogP contribution is -2.46. The molecule has 0 aliphatic carbocycles. The van der Waals surface area contributed by atoms with Gasteiger partial charge < -0.3 is 14.9 Å². The van der Waals surface area contributed by atoms with Crippen molar-refractivity contribution in [3.05, 3.63) is 36.0 Å². The number of hydrogen-bond donors (Lipinski definition) is 1. The minimum atomic E-state index is -0.960. The third-order valence-corrected chi connectivity index (χ3v) is 4.33. The van der Waals surface area contributed by atoms with E-state index < -0.39 is 5.60 Å². The molecule has 3 rings (SSSR count). The lowest BCUT2D eigenvalue weighted by Gasteiger charge is -2.29. The van der Waals surface area contributed by atoms with Crippen molar-refractivity contribution in [2.75, 3.05) is 31.6 Å². The van der Waals surface area contributed by atoms with Crippen LogP contribution < -0.4 is 4.90 Å². The Kier molecular flexibility index (Phi) is 4.23. The van der Waals surface area contributed by atoms with Crippen LogP contribution in [0.4, 0.5) is 5.82 Å². The topological polar surface area (TPSA) is 87.4 Å². The van der Waals surface area contributed by atoms with Crippen molar-refractivity contribution in [1.29, 1.82) is 0 Å². The van der Waals surface area contributed by atoms with Gasteiger partial charge >= 0.3 is 0 Å². The fourth-order valence-electron chi connectivity index (χ4n) is 3.16. The van der Waals surface area contributed by atoms with Crippen LogP contribution in [-0.2, 0) is 7.05 Å². The molecule has 2 aromatic rings. The second kappa shape index (κ2) is 6.20. The van der Waals surface area contributed by atoms with E-state index in [2.05, 4.69) is 15.1 Å². The molecule has 1 fully saturated rings. The number of likely N-dealkylation sites (N-methyl/N-ethyl adjacent to an activating group) is 1. The van der Waals surface area contributed by atoms with Gasteiger partial charge in [0.05, 0.1) is 24.0 Å². The number of aliphatic hydroxyl groups is 1. The summed E-state index contributed by atoms with van der Waals surface area (Å²) in [5.41, 5.74) is 0.291. The number of carbonyl (C=O) groups excluding carboxylic acids is 1. The number of hydrogen-bond acceptors (Lipinski definition) is 6. The van der Waals surface area contributed by atoms with Gasteiger partial charge in [0.15, 0.2) is 0 Å². The van der Waals surface area contributed by atoms with E-state index in [0.29, 0.717) is 30.8 Å². The first-order chi connectivity index (χ1) is 11.4. The summed E-state index contributed by atoms with van der Waals surface area (Å²) in [6, 6.07) is 0. The molecule has 0 unspecified atom stereocenters. The standard InChI is InChI=1S/C16H22N6O2/c1-12-13(9-21(3)19-12)15(23)20(2)10-16(24)4-7-22(11-16)14-8-17-5-6-18-14/h5-6,8-9,24H,4,7,10-11H2,1-3H3/t16-/m1/s1. The summed E-state index contributed by atoms with van der Waals surface area (Å²) in [5.74, 6) is 0.609. The average molecular weight is 330 g/mol. The molecular formula is C16H22N6O2. The van der Waals surface area contributed by atoms with Crippen molar-refractivity contribution in [2.45, 2.75) is 18.9 Å². The van der Waals surface area contributed by atoms with E-state index >= 15 is 0 Å². The minimum Gasteiger partial charge on any atom is -0.386 e. The van der Waals surface area contributed by atoms with Crippen LogP contribution >= 0.6 is 0 Å². The van der Waals surface area contributed by atoms with Crippen LogP contribution in [0.3, 0.4) is 0 Å². The Bertz CT molecular complexity index is 731. The Balaban J connectivity index is 1.67. The van der Waals surface area contributed by atoms with Crippen molar-refractivity contribution in [3.63, 3.8) is 0 Å². The maximum atomic E-state index is 12.6. The summed E-state index contributed by atoms with van der Waals surface area (Å²) in [5, 5.41) is 15.1. The van der Waals surface area contributed by atoms with Gasteiger partial charge in [-0.25, -0.2) is 4.98 Å². The van der Waals surface area contributed by atoms with Gasteiger partial charge in [0.1, 0.15) is 11.4 Å². The predicted molar refractivity (Wildman–Crippen MR) is 88.7 cm³/mol. The Morgan fingerprint density at radius 2 is 2.25 bits per heavy atom.